The first-order valence-corrected chi connectivity index (χ1v) is 6.03. The molecule has 0 saturated carbocycles. The van der Waals surface area contributed by atoms with Gasteiger partial charge in [-0.2, -0.15) is 0 Å². The molecule has 1 amide bonds. The van der Waals surface area contributed by atoms with Crippen molar-refractivity contribution in [1.82, 2.24) is 4.90 Å². The largest absolute Gasteiger partial charge is 0.497 e. The summed E-state index contributed by atoms with van der Waals surface area (Å²) in [6.07, 6.45) is 0. The van der Waals surface area contributed by atoms with Crippen molar-refractivity contribution in [3.63, 3.8) is 0 Å². The van der Waals surface area contributed by atoms with Crippen LogP contribution in [-0.2, 0) is 4.79 Å². The summed E-state index contributed by atoms with van der Waals surface area (Å²) >= 11 is 0. The highest BCUT2D eigenvalue weighted by atomic mass is 16.5. The zero-order chi connectivity index (χ0) is 13.1. The van der Waals surface area contributed by atoms with Crippen LogP contribution in [0.3, 0.4) is 0 Å². The van der Waals surface area contributed by atoms with Crippen molar-refractivity contribution in [2.24, 2.45) is 5.73 Å². The molecule has 0 spiro atoms. The van der Waals surface area contributed by atoms with Crippen LogP contribution in [0, 0.1) is 0 Å². The maximum Gasteiger partial charge on any atom is 0.246 e. The summed E-state index contributed by atoms with van der Waals surface area (Å²) in [7, 11) is 3.45. The molecule has 1 saturated heterocycles. The van der Waals surface area contributed by atoms with Gasteiger partial charge in [0.2, 0.25) is 5.91 Å². The van der Waals surface area contributed by atoms with E-state index in [9.17, 15) is 4.79 Å². The fraction of sp³-hybridized carbons (Fsp3) is 0.462. The number of methoxy groups -OCH3 is 1. The van der Waals surface area contributed by atoms with E-state index in [1.165, 1.54) is 0 Å². The first kappa shape index (κ1) is 12.7. The van der Waals surface area contributed by atoms with Crippen LogP contribution in [0.2, 0.25) is 0 Å². The first-order valence-electron chi connectivity index (χ1n) is 6.03. The quantitative estimate of drug-likeness (QED) is 0.837. The maximum absolute atomic E-state index is 12.1. The van der Waals surface area contributed by atoms with Gasteiger partial charge >= 0.3 is 0 Å². The molecular formula is C13H19N3O2. The lowest BCUT2D eigenvalue weighted by molar-refractivity contribution is -0.132. The van der Waals surface area contributed by atoms with Crippen molar-refractivity contribution < 1.29 is 9.53 Å². The molecular weight excluding hydrogens is 230 g/mol. The van der Waals surface area contributed by atoms with Gasteiger partial charge < -0.3 is 20.3 Å². The van der Waals surface area contributed by atoms with Gasteiger partial charge in [0.25, 0.3) is 0 Å². The lowest BCUT2D eigenvalue weighted by Gasteiger charge is -2.40. The van der Waals surface area contributed by atoms with Gasteiger partial charge in [-0.05, 0) is 12.1 Å². The second-order valence-electron chi connectivity index (χ2n) is 4.41. The molecule has 5 heteroatoms. The van der Waals surface area contributed by atoms with E-state index in [0.717, 1.165) is 18.0 Å². The number of carbonyl (C=O) groups excluding carboxylic acids is 1. The molecule has 1 heterocycles. The predicted octanol–water partition coefficient (Wildman–Crippen LogP) is 0.301. The van der Waals surface area contributed by atoms with Gasteiger partial charge in [-0.25, -0.2) is 0 Å². The molecule has 0 aromatic heterocycles. The first-order chi connectivity index (χ1) is 8.67. The number of piperazine rings is 1. The lowest BCUT2D eigenvalue weighted by Crippen LogP contribution is -2.58. The minimum atomic E-state index is -0.282. The average Bonchev–Trinajstić information content (AvgIpc) is 2.41. The van der Waals surface area contributed by atoms with Gasteiger partial charge in [-0.1, -0.05) is 6.07 Å². The summed E-state index contributed by atoms with van der Waals surface area (Å²) in [5.74, 6) is 0.862. The Hall–Kier alpha value is -1.75. The number of benzene rings is 1. The SMILES string of the molecule is COc1cccc(N2CCN(C)C(=O)C2CN)c1. The van der Waals surface area contributed by atoms with Crippen LogP contribution >= 0.6 is 0 Å². The van der Waals surface area contributed by atoms with Crippen molar-refractivity contribution in [3.8, 4) is 5.75 Å². The summed E-state index contributed by atoms with van der Waals surface area (Å²) in [6.45, 7) is 1.82. The van der Waals surface area contributed by atoms with E-state index in [2.05, 4.69) is 0 Å². The third kappa shape index (κ3) is 2.26. The zero-order valence-corrected chi connectivity index (χ0v) is 10.8. The average molecular weight is 249 g/mol. The van der Waals surface area contributed by atoms with Crippen LogP contribution in [0.25, 0.3) is 0 Å². The highest BCUT2D eigenvalue weighted by Gasteiger charge is 2.32. The molecule has 98 valence electrons. The van der Waals surface area contributed by atoms with E-state index in [1.807, 2.05) is 36.2 Å². The van der Waals surface area contributed by atoms with Crippen molar-refractivity contribution >= 4 is 11.6 Å². The molecule has 1 aromatic carbocycles. The number of likely N-dealkylation sites (N-methyl/N-ethyl adjacent to an activating group) is 1. The van der Waals surface area contributed by atoms with Crippen molar-refractivity contribution in [3.05, 3.63) is 24.3 Å². The molecule has 1 aliphatic rings. The molecule has 2 rings (SSSR count). The van der Waals surface area contributed by atoms with E-state index in [4.69, 9.17) is 10.5 Å². The molecule has 1 aliphatic heterocycles. The number of anilines is 1. The Bertz CT molecular complexity index is 436. The van der Waals surface area contributed by atoms with Gasteiger partial charge in [0.05, 0.1) is 7.11 Å². The van der Waals surface area contributed by atoms with Crippen molar-refractivity contribution in [2.75, 3.05) is 38.7 Å². The molecule has 1 unspecified atom stereocenters. The number of nitrogens with zero attached hydrogens (tertiary/aromatic N) is 2. The minimum Gasteiger partial charge on any atom is -0.497 e. The Morgan fingerprint density at radius 2 is 2.22 bits per heavy atom. The molecule has 0 radical (unpaired) electrons. The van der Waals surface area contributed by atoms with Gasteiger partial charge in [-0.3, -0.25) is 4.79 Å². The Balaban J connectivity index is 2.27. The van der Waals surface area contributed by atoms with Crippen LogP contribution in [0.4, 0.5) is 5.69 Å². The highest BCUT2D eigenvalue weighted by Crippen LogP contribution is 2.24. The van der Waals surface area contributed by atoms with Crippen LogP contribution < -0.4 is 15.4 Å². The highest BCUT2D eigenvalue weighted by molar-refractivity contribution is 5.86. The van der Waals surface area contributed by atoms with Crippen molar-refractivity contribution in [1.29, 1.82) is 0 Å². The molecule has 1 aromatic rings. The Morgan fingerprint density at radius 1 is 1.44 bits per heavy atom. The number of rotatable bonds is 3. The Morgan fingerprint density at radius 3 is 2.89 bits per heavy atom. The summed E-state index contributed by atoms with van der Waals surface area (Å²) < 4.78 is 5.21. The third-order valence-electron chi connectivity index (χ3n) is 3.32. The molecule has 2 N–H and O–H groups in total. The summed E-state index contributed by atoms with van der Waals surface area (Å²) in [6, 6.07) is 7.44. The van der Waals surface area contributed by atoms with Crippen molar-refractivity contribution in [2.45, 2.75) is 6.04 Å². The fourth-order valence-electron chi connectivity index (χ4n) is 2.24. The normalized spacial score (nSPS) is 20.2. The number of hydrogen-bond acceptors (Lipinski definition) is 4. The monoisotopic (exact) mass is 249 g/mol. The minimum absolute atomic E-state index is 0.0755. The smallest absolute Gasteiger partial charge is 0.246 e. The summed E-state index contributed by atoms with van der Waals surface area (Å²) in [4.78, 5) is 15.8. The van der Waals surface area contributed by atoms with Gasteiger partial charge in [0.15, 0.2) is 0 Å². The van der Waals surface area contributed by atoms with Crippen LogP contribution in [0.5, 0.6) is 5.75 Å². The fourth-order valence-corrected chi connectivity index (χ4v) is 2.24. The van der Waals surface area contributed by atoms with E-state index < -0.39 is 0 Å². The molecule has 1 atom stereocenters. The van der Waals surface area contributed by atoms with E-state index in [1.54, 1.807) is 12.0 Å². The molecule has 1 fully saturated rings. The molecule has 5 nitrogen and oxygen atoms in total. The van der Waals surface area contributed by atoms with E-state index in [0.29, 0.717) is 13.1 Å². The standard InChI is InChI=1S/C13H19N3O2/c1-15-6-7-16(12(9-14)13(15)17)10-4-3-5-11(8-10)18-2/h3-5,8,12H,6-7,9,14H2,1-2H3. The Kier molecular flexibility index (Phi) is 3.72. The summed E-state index contributed by atoms with van der Waals surface area (Å²) in [5, 5.41) is 0. The maximum atomic E-state index is 12.1. The number of hydrogen-bond donors (Lipinski definition) is 1. The van der Waals surface area contributed by atoms with Gasteiger partial charge in [0, 0.05) is 38.4 Å². The molecule has 0 aliphatic carbocycles. The number of carbonyl (C=O) groups is 1. The summed E-state index contributed by atoms with van der Waals surface area (Å²) in [5.41, 5.74) is 6.71. The van der Waals surface area contributed by atoms with Gasteiger partial charge in [0.1, 0.15) is 11.8 Å². The van der Waals surface area contributed by atoms with Crippen LogP contribution in [0.15, 0.2) is 24.3 Å². The lowest BCUT2D eigenvalue weighted by atomic mass is 10.1. The zero-order valence-electron chi connectivity index (χ0n) is 10.8. The van der Waals surface area contributed by atoms with E-state index >= 15 is 0 Å². The number of amides is 1. The molecule has 18 heavy (non-hydrogen) atoms. The second kappa shape index (κ2) is 5.27. The Labute approximate surface area is 107 Å². The topological polar surface area (TPSA) is 58.8 Å². The predicted molar refractivity (Wildman–Crippen MR) is 70.8 cm³/mol. The van der Waals surface area contributed by atoms with Crippen LogP contribution in [-0.4, -0.2) is 50.6 Å². The van der Waals surface area contributed by atoms with Gasteiger partial charge in [-0.15, -0.1) is 0 Å². The number of ether oxygens (including phenoxy) is 1. The third-order valence-corrected chi connectivity index (χ3v) is 3.32. The number of nitrogens with two attached hydrogens (primary N) is 1. The second-order valence-corrected chi connectivity index (χ2v) is 4.41. The molecule has 0 bridgehead atoms. The van der Waals surface area contributed by atoms with E-state index in [-0.39, 0.29) is 11.9 Å². The van der Waals surface area contributed by atoms with Crippen LogP contribution in [0.1, 0.15) is 0 Å².